The molecule has 2 N–H and O–H groups in total. The zero-order chi connectivity index (χ0) is 6.57. The molecular weight excluding hydrogens is 123 g/mol. The molecule has 0 radical (unpaired) electrons. The minimum Gasteiger partial charge on any atom is -0.478 e. The molecule has 0 aromatic heterocycles. The van der Waals surface area contributed by atoms with Crippen molar-refractivity contribution >= 4 is 20.4 Å². The molecule has 50 valence electrons. The van der Waals surface area contributed by atoms with Crippen molar-refractivity contribution in [2.45, 2.75) is 0 Å². The van der Waals surface area contributed by atoms with Crippen LogP contribution in [-0.2, 0) is 9.59 Å². The largest absolute Gasteiger partial charge is 0.478 e. The number of hydrogen-bond acceptors (Lipinski definition) is 2. The van der Waals surface area contributed by atoms with Gasteiger partial charge < -0.3 is 10.2 Å². The first-order valence-electron chi connectivity index (χ1n) is 1.77. The molecule has 9 heavy (non-hydrogen) atoms. The smallest absolute Gasteiger partial charge is 0.328 e. The van der Waals surface area contributed by atoms with E-state index < -0.39 is 11.9 Å². The van der Waals surface area contributed by atoms with Gasteiger partial charge in [-0.3, -0.25) is 0 Å². The lowest BCUT2D eigenvalue weighted by Gasteiger charge is -1.74. The van der Waals surface area contributed by atoms with Gasteiger partial charge in [-0.25, -0.2) is 9.59 Å². The molecule has 0 aromatic carbocycles. The van der Waals surface area contributed by atoms with E-state index in [1.807, 2.05) is 0 Å². The normalized spacial score (nSPS) is 8.44. The Kier molecular flexibility index (Phi) is 5.80. The lowest BCUT2D eigenvalue weighted by Crippen LogP contribution is -1.91. The maximum atomic E-state index is 9.55. The summed E-state index contributed by atoms with van der Waals surface area (Å²) in [5.74, 6) is -2.51. The van der Waals surface area contributed by atoms with Gasteiger partial charge >= 0.3 is 11.9 Å². The summed E-state index contributed by atoms with van der Waals surface area (Å²) in [6, 6.07) is 0. The maximum Gasteiger partial charge on any atom is 0.328 e. The zero-order valence-corrected chi connectivity index (χ0v) is 3.87. The van der Waals surface area contributed by atoms with Crippen molar-refractivity contribution in [3.05, 3.63) is 12.2 Å². The number of hydrogen-bond donors (Lipinski definition) is 2. The van der Waals surface area contributed by atoms with Crippen molar-refractivity contribution in [1.29, 1.82) is 0 Å². The lowest BCUT2D eigenvalue weighted by atomic mass is 10.5. The van der Waals surface area contributed by atoms with Gasteiger partial charge in [-0.2, -0.15) is 0 Å². The standard InChI is InChI=1S/C4H4O4.BH3/c5-3(6)1-2-4(7)8;/h1-2H,(H,5,6)(H,7,8);1H3/b2-1-;. The van der Waals surface area contributed by atoms with Gasteiger partial charge in [0.1, 0.15) is 0 Å². The van der Waals surface area contributed by atoms with Crippen molar-refractivity contribution in [1.82, 2.24) is 0 Å². The first-order valence-corrected chi connectivity index (χ1v) is 1.77. The van der Waals surface area contributed by atoms with Gasteiger partial charge in [-0.15, -0.1) is 0 Å². The van der Waals surface area contributed by atoms with Crippen molar-refractivity contribution in [2.75, 3.05) is 0 Å². The molecule has 0 saturated carbocycles. The number of carboxylic acids is 2. The van der Waals surface area contributed by atoms with Gasteiger partial charge in [-0.05, 0) is 0 Å². The second-order valence-corrected chi connectivity index (χ2v) is 1.01. The number of rotatable bonds is 2. The highest BCUT2D eigenvalue weighted by Gasteiger charge is 1.88. The van der Waals surface area contributed by atoms with Crippen molar-refractivity contribution < 1.29 is 19.8 Å². The highest BCUT2D eigenvalue weighted by atomic mass is 16.4. The molecule has 0 rings (SSSR count). The van der Waals surface area contributed by atoms with Crippen LogP contribution in [0.25, 0.3) is 0 Å². The van der Waals surface area contributed by atoms with Crippen molar-refractivity contribution in [2.24, 2.45) is 0 Å². The molecule has 5 heteroatoms. The fourth-order valence-corrected chi connectivity index (χ4v) is 0.143. The van der Waals surface area contributed by atoms with E-state index in [1.54, 1.807) is 0 Å². The Hall–Kier alpha value is -1.26. The summed E-state index contributed by atoms with van der Waals surface area (Å²) >= 11 is 0. The Morgan fingerprint density at radius 2 is 1.22 bits per heavy atom. The summed E-state index contributed by atoms with van der Waals surface area (Å²) in [5, 5.41) is 15.6. The van der Waals surface area contributed by atoms with E-state index in [9.17, 15) is 9.59 Å². The van der Waals surface area contributed by atoms with Crippen LogP contribution in [0.15, 0.2) is 12.2 Å². The first kappa shape index (κ1) is 10.7. The molecule has 0 amide bonds. The molecule has 4 nitrogen and oxygen atoms in total. The molecule has 0 atom stereocenters. The van der Waals surface area contributed by atoms with Crippen LogP contribution in [0.4, 0.5) is 0 Å². The Morgan fingerprint density at radius 1 is 1.00 bits per heavy atom. The fraction of sp³-hybridized carbons (Fsp3) is 0. The molecule has 0 unspecified atom stereocenters. The summed E-state index contributed by atoms with van der Waals surface area (Å²) in [7, 11) is 0. The highest BCUT2D eigenvalue weighted by Crippen LogP contribution is 1.70. The predicted molar refractivity (Wildman–Crippen MR) is 34.4 cm³/mol. The minimum atomic E-state index is -1.26. The Labute approximate surface area is 53.4 Å². The number of carbonyl (C=O) groups is 2. The average Bonchev–Trinajstić information content (AvgIpc) is 1.61. The molecule has 0 bridgehead atoms. The summed E-state index contributed by atoms with van der Waals surface area (Å²) < 4.78 is 0. The maximum absolute atomic E-state index is 9.55. The van der Waals surface area contributed by atoms with E-state index in [2.05, 4.69) is 0 Å². The van der Waals surface area contributed by atoms with E-state index >= 15 is 0 Å². The molecule has 0 heterocycles. The topological polar surface area (TPSA) is 74.6 Å². The van der Waals surface area contributed by atoms with Crippen LogP contribution in [0.1, 0.15) is 0 Å². The predicted octanol–water partition coefficient (Wildman–Crippen LogP) is -1.47. The van der Waals surface area contributed by atoms with Crippen LogP contribution < -0.4 is 0 Å². The van der Waals surface area contributed by atoms with E-state index in [0.717, 1.165) is 0 Å². The van der Waals surface area contributed by atoms with Gasteiger partial charge in [0.2, 0.25) is 0 Å². The lowest BCUT2D eigenvalue weighted by molar-refractivity contribution is -0.134. The van der Waals surface area contributed by atoms with Crippen molar-refractivity contribution in [3.8, 4) is 0 Å². The Bertz CT molecular complexity index is 124. The van der Waals surface area contributed by atoms with Crippen molar-refractivity contribution in [3.63, 3.8) is 0 Å². The van der Waals surface area contributed by atoms with Gasteiger partial charge in [0.15, 0.2) is 0 Å². The Balaban J connectivity index is 0. The van der Waals surface area contributed by atoms with Gasteiger partial charge in [0.25, 0.3) is 0 Å². The molecule has 0 fully saturated rings. The van der Waals surface area contributed by atoms with Crippen LogP contribution >= 0.6 is 0 Å². The second-order valence-electron chi connectivity index (χ2n) is 1.01. The quantitative estimate of drug-likeness (QED) is 0.353. The Morgan fingerprint density at radius 3 is 1.33 bits per heavy atom. The van der Waals surface area contributed by atoms with E-state index in [0.29, 0.717) is 12.2 Å². The average molecular weight is 130 g/mol. The second kappa shape index (κ2) is 4.89. The molecular formula is C4H7BO4. The number of carboxylic acid groups (broad SMARTS) is 2. The summed E-state index contributed by atoms with van der Waals surface area (Å²) in [4.78, 5) is 19.1. The summed E-state index contributed by atoms with van der Waals surface area (Å²) in [6.45, 7) is 0. The molecule has 0 aliphatic rings. The van der Waals surface area contributed by atoms with Crippen LogP contribution in [-0.4, -0.2) is 30.6 Å². The monoisotopic (exact) mass is 130 g/mol. The number of aliphatic carboxylic acids is 2. The zero-order valence-electron chi connectivity index (χ0n) is 3.87. The minimum absolute atomic E-state index is 0. The van der Waals surface area contributed by atoms with E-state index in [1.165, 1.54) is 0 Å². The van der Waals surface area contributed by atoms with Crippen LogP contribution in [0.3, 0.4) is 0 Å². The van der Waals surface area contributed by atoms with Crippen LogP contribution in [0.2, 0.25) is 0 Å². The summed E-state index contributed by atoms with van der Waals surface area (Å²) in [6.07, 6.45) is 1.12. The van der Waals surface area contributed by atoms with E-state index in [4.69, 9.17) is 10.2 Å². The van der Waals surface area contributed by atoms with Gasteiger partial charge in [0, 0.05) is 12.2 Å². The van der Waals surface area contributed by atoms with Gasteiger partial charge in [0.05, 0.1) is 8.41 Å². The van der Waals surface area contributed by atoms with Crippen LogP contribution in [0.5, 0.6) is 0 Å². The molecule has 0 aliphatic carbocycles. The summed E-state index contributed by atoms with van der Waals surface area (Å²) in [5.41, 5.74) is 0. The van der Waals surface area contributed by atoms with Crippen LogP contribution in [0, 0.1) is 0 Å². The molecule has 0 saturated heterocycles. The van der Waals surface area contributed by atoms with E-state index in [-0.39, 0.29) is 8.41 Å². The fourth-order valence-electron chi connectivity index (χ4n) is 0.143. The first-order chi connectivity index (χ1) is 3.63. The highest BCUT2D eigenvalue weighted by molar-refractivity contribution is 5.89. The SMILES string of the molecule is B.O=C(O)/C=C\C(=O)O. The molecule has 0 aliphatic heterocycles. The third kappa shape index (κ3) is 10.8. The third-order valence-corrected chi connectivity index (χ3v) is 0.368. The molecule has 0 aromatic rings. The van der Waals surface area contributed by atoms with Gasteiger partial charge in [-0.1, -0.05) is 0 Å². The molecule has 0 spiro atoms. The third-order valence-electron chi connectivity index (χ3n) is 0.368.